The summed E-state index contributed by atoms with van der Waals surface area (Å²) >= 11 is 0. The molecule has 2 aromatic carbocycles. The third-order valence-electron chi connectivity index (χ3n) is 4.83. The Morgan fingerprint density at radius 2 is 1.87 bits per heavy atom. The number of urea groups is 1. The Morgan fingerprint density at radius 1 is 1.03 bits per heavy atom. The second-order valence-electron chi connectivity index (χ2n) is 7.17. The lowest BCUT2D eigenvalue weighted by Gasteiger charge is -2.13. The Morgan fingerprint density at radius 3 is 2.67 bits per heavy atom. The zero-order valence-corrected chi connectivity index (χ0v) is 17.6. The highest BCUT2D eigenvalue weighted by Crippen LogP contribution is 2.15. The monoisotopic (exact) mass is 405 g/mol. The molecule has 0 atom stereocenters. The predicted octanol–water partition coefficient (Wildman–Crippen LogP) is 4.65. The molecule has 1 heterocycles. The molecule has 0 aliphatic rings. The summed E-state index contributed by atoms with van der Waals surface area (Å²) < 4.78 is 7.12. The van der Waals surface area contributed by atoms with E-state index in [0.717, 1.165) is 12.2 Å². The summed E-state index contributed by atoms with van der Waals surface area (Å²) in [5.74, 6) is -0.411. The first kappa shape index (κ1) is 21.2. The third-order valence-corrected chi connectivity index (χ3v) is 4.83. The molecule has 6 nitrogen and oxygen atoms in total. The van der Waals surface area contributed by atoms with Crippen LogP contribution in [0.4, 0.5) is 10.5 Å². The minimum Gasteiger partial charge on any atom is -0.462 e. The van der Waals surface area contributed by atoms with E-state index in [9.17, 15) is 9.59 Å². The van der Waals surface area contributed by atoms with Gasteiger partial charge in [0.25, 0.3) is 0 Å². The van der Waals surface area contributed by atoms with Gasteiger partial charge in [-0.25, -0.2) is 9.59 Å². The van der Waals surface area contributed by atoms with Gasteiger partial charge in [-0.15, -0.1) is 0 Å². The molecule has 0 bridgehead atoms. The summed E-state index contributed by atoms with van der Waals surface area (Å²) in [5.41, 5.74) is 5.67. The van der Waals surface area contributed by atoms with Crippen molar-refractivity contribution in [2.45, 2.75) is 33.9 Å². The van der Waals surface area contributed by atoms with Gasteiger partial charge in [0.1, 0.15) is 0 Å². The van der Waals surface area contributed by atoms with E-state index in [1.165, 1.54) is 16.7 Å². The Balaban J connectivity index is 1.60. The molecule has 0 spiro atoms. The second-order valence-corrected chi connectivity index (χ2v) is 7.17. The molecular formula is C24H27N3O3. The molecule has 0 saturated heterocycles. The fourth-order valence-corrected chi connectivity index (χ4v) is 3.20. The maximum absolute atomic E-state index is 12.3. The molecule has 0 unspecified atom stereocenters. The topological polar surface area (TPSA) is 72.4 Å². The van der Waals surface area contributed by atoms with Gasteiger partial charge in [0.05, 0.1) is 18.7 Å². The largest absolute Gasteiger partial charge is 0.462 e. The standard InChI is InChI=1S/C24H27N3O3/c1-4-30-23(28)19-7-5-8-21(14-19)26-24(29)25-15-22-9-6-12-27(22)16-20-13-17(2)10-11-18(20)3/h5-14H,4,15-16H2,1-3H3,(H2,25,26,29). The molecule has 3 aromatic rings. The Hall–Kier alpha value is -3.54. The van der Waals surface area contributed by atoms with Gasteiger partial charge in [0, 0.05) is 24.1 Å². The first-order valence-corrected chi connectivity index (χ1v) is 9.98. The number of carbonyl (C=O) groups is 2. The Bertz CT molecular complexity index is 1040. The van der Waals surface area contributed by atoms with E-state index in [4.69, 9.17) is 4.74 Å². The molecule has 156 valence electrons. The van der Waals surface area contributed by atoms with Crippen LogP contribution in [-0.4, -0.2) is 23.2 Å². The maximum atomic E-state index is 12.3. The summed E-state index contributed by atoms with van der Waals surface area (Å²) in [4.78, 5) is 24.2. The lowest BCUT2D eigenvalue weighted by Crippen LogP contribution is -2.29. The van der Waals surface area contributed by atoms with Crippen molar-refractivity contribution >= 4 is 17.7 Å². The molecule has 0 aliphatic heterocycles. The van der Waals surface area contributed by atoms with Gasteiger partial charge in [-0.2, -0.15) is 0 Å². The van der Waals surface area contributed by atoms with Gasteiger partial charge in [0.15, 0.2) is 0 Å². The van der Waals surface area contributed by atoms with Crippen molar-refractivity contribution in [2.24, 2.45) is 0 Å². The number of benzene rings is 2. The molecule has 1 aromatic heterocycles. The van der Waals surface area contributed by atoms with Crippen LogP contribution in [-0.2, 0) is 17.8 Å². The summed E-state index contributed by atoms with van der Waals surface area (Å²) in [7, 11) is 0. The number of amides is 2. The molecule has 6 heteroatoms. The van der Waals surface area contributed by atoms with Crippen LogP contribution < -0.4 is 10.6 Å². The molecule has 2 amide bonds. The van der Waals surface area contributed by atoms with Gasteiger partial charge >= 0.3 is 12.0 Å². The Labute approximate surface area is 176 Å². The predicted molar refractivity (Wildman–Crippen MR) is 118 cm³/mol. The number of anilines is 1. The van der Waals surface area contributed by atoms with Crippen molar-refractivity contribution in [1.29, 1.82) is 0 Å². The molecule has 3 rings (SSSR count). The fourth-order valence-electron chi connectivity index (χ4n) is 3.20. The van der Waals surface area contributed by atoms with Crippen LogP contribution >= 0.6 is 0 Å². The minimum absolute atomic E-state index is 0.304. The molecule has 0 aliphatic carbocycles. The van der Waals surface area contributed by atoms with Gasteiger partial charge in [0.2, 0.25) is 0 Å². The number of nitrogens with zero attached hydrogens (tertiary/aromatic N) is 1. The van der Waals surface area contributed by atoms with E-state index in [2.05, 4.69) is 47.2 Å². The number of carbonyl (C=O) groups excluding carboxylic acids is 2. The van der Waals surface area contributed by atoms with E-state index in [1.807, 2.05) is 18.3 Å². The summed E-state index contributed by atoms with van der Waals surface area (Å²) in [6.07, 6.45) is 2.01. The van der Waals surface area contributed by atoms with Crippen LogP contribution in [0.2, 0.25) is 0 Å². The number of esters is 1. The average molecular weight is 405 g/mol. The first-order valence-electron chi connectivity index (χ1n) is 9.98. The number of ether oxygens (including phenoxy) is 1. The minimum atomic E-state index is -0.411. The number of nitrogens with one attached hydrogen (secondary N) is 2. The SMILES string of the molecule is CCOC(=O)c1cccc(NC(=O)NCc2cccn2Cc2cc(C)ccc2C)c1. The first-order chi connectivity index (χ1) is 14.5. The van der Waals surface area contributed by atoms with E-state index < -0.39 is 5.97 Å². The van der Waals surface area contributed by atoms with Crippen LogP contribution in [0.1, 0.15) is 39.7 Å². The van der Waals surface area contributed by atoms with Crippen molar-refractivity contribution in [3.8, 4) is 0 Å². The van der Waals surface area contributed by atoms with E-state index in [-0.39, 0.29) is 6.03 Å². The van der Waals surface area contributed by atoms with Crippen LogP contribution in [0.25, 0.3) is 0 Å². The molecular weight excluding hydrogens is 378 g/mol. The molecule has 2 N–H and O–H groups in total. The quantitative estimate of drug-likeness (QED) is 0.562. The number of hydrogen-bond acceptors (Lipinski definition) is 3. The van der Waals surface area contributed by atoms with Crippen molar-refractivity contribution < 1.29 is 14.3 Å². The van der Waals surface area contributed by atoms with Gasteiger partial charge < -0.3 is 19.9 Å². The van der Waals surface area contributed by atoms with Crippen LogP contribution in [0.3, 0.4) is 0 Å². The van der Waals surface area contributed by atoms with E-state index >= 15 is 0 Å². The summed E-state index contributed by atoms with van der Waals surface area (Å²) in [5, 5.41) is 5.63. The van der Waals surface area contributed by atoms with Crippen molar-refractivity contribution in [2.75, 3.05) is 11.9 Å². The van der Waals surface area contributed by atoms with Gasteiger partial charge in [-0.05, 0) is 62.2 Å². The van der Waals surface area contributed by atoms with Crippen LogP contribution in [0.15, 0.2) is 60.8 Å². The van der Waals surface area contributed by atoms with Crippen molar-refractivity contribution in [1.82, 2.24) is 9.88 Å². The highest BCUT2D eigenvalue weighted by molar-refractivity contribution is 5.93. The van der Waals surface area contributed by atoms with E-state index in [1.54, 1.807) is 31.2 Å². The molecule has 0 radical (unpaired) electrons. The van der Waals surface area contributed by atoms with Crippen LogP contribution in [0, 0.1) is 13.8 Å². The summed E-state index contributed by atoms with van der Waals surface area (Å²) in [6, 6.07) is 16.7. The number of rotatable bonds is 7. The van der Waals surface area contributed by atoms with Gasteiger partial charge in [-0.1, -0.05) is 29.8 Å². The number of aryl methyl sites for hydroxylation is 2. The highest BCUT2D eigenvalue weighted by Gasteiger charge is 2.10. The smallest absolute Gasteiger partial charge is 0.338 e. The van der Waals surface area contributed by atoms with Crippen molar-refractivity contribution in [3.05, 3.63) is 88.7 Å². The third kappa shape index (κ3) is 5.50. The fraction of sp³-hybridized carbons (Fsp3) is 0.250. The van der Waals surface area contributed by atoms with Crippen LogP contribution in [0.5, 0.6) is 0 Å². The zero-order chi connectivity index (χ0) is 21.5. The highest BCUT2D eigenvalue weighted by atomic mass is 16.5. The lowest BCUT2D eigenvalue weighted by atomic mass is 10.1. The zero-order valence-electron chi connectivity index (χ0n) is 17.6. The summed E-state index contributed by atoms with van der Waals surface area (Å²) in [6.45, 7) is 7.39. The van der Waals surface area contributed by atoms with Gasteiger partial charge in [-0.3, -0.25) is 0 Å². The second kappa shape index (κ2) is 9.78. The lowest BCUT2D eigenvalue weighted by molar-refractivity contribution is 0.0526. The Kier molecular flexibility index (Phi) is 6.91. The normalized spacial score (nSPS) is 10.5. The molecule has 30 heavy (non-hydrogen) atoms. The molecule has 0 saturated carbocycles. The van der Waals surface area contributed by atoms with Crippen molar-refractivity contribution in [3.63, 3.8) is 0 Å². The average Bonchev–Trinajstić information content (AvgIpc) is 3.16. The van der Waals surface area contributed by atoms with E-state index in [0.29, 0.717) is 24.4 Å². The maximum Gasteiger partial charge on any atom is 0.338 e. The number of aromatic nitrogens is 1. The molecule has 0 fully saturated rings. The number of hydrogen-bond donors (Lipinski definition) is 2.